The molecule has 0 saturated heterocycles. The summed E-state index contributed by atoms with van der Waals surface area (Å²) in [5, 5.41) is 13.7. The fourth-order valence-corrected chi connectivity index (χ4v) is 5.14. The summed E-state index contributed by atoms with van der Waals surface area (Å²) in [5.74, 6) is 0.520. The smallest absolute Gasteiger partial charge is 0.221 e. The van der Waals surface area contributed by atoms with E-state index in [1.54, 1.807) is 31.5 Å². The zero-order valence-corrected chi connectivity index (χ0v) is 22.1. The number of hydrogen-bond acceptors (Lipinski definition) is 4. The highest BCUT2D eigenvalue weighted by Crippen LogP contribution is 2.31. The van der Waals surface area contributed by atoms with Crippen LogP contribution < -0.4 is 15.7 Å². The molecule has 0 bridgehead atoms. The number of nitrogens with one attached hydrogen (secondary N) is 3. The molecule has 39 heavy (non-hydrogen) atoms. The van der Waals surface area contributed by atoms with Crippen molar-refractivity contribution in [2.24, 2.45) is 0 Å². The van der Waals surface area contributed by atoms with Gasteiger partial charge >= 0.3 is 0 Å². The number of carbonyl (C=O) groups is 1. The number of H-pyrrole nitrogens is 1. The molecule has 9 heteroatoms. The van der Waals surface area contributed by atoms with Crippen LogP contribution >= 0.6 is 11.6 Å². The average molecular weight is 537 g/mol. The summed E-state index contributed by atoms with van der Waals surface area (Å²) in [6.45, 7) is 1.99. The number of ether oxygens (including phenoxy) is 1. The van der Waals surface area contributed by atoms with Gasteiger partial charge in [-0.3, -0.25) is 19.8 Å². The Morgan fingerprint density at radius 2 is 1.95 bits per heavy atom. The van der Waals surface area contributed by atoms with Crippen molar-refractivity contribution in [3.05, 3.63) is 101 Å². The van der Waals surface area contributed by atoms with Gasteiger partial charge in [-0.15, -0.1) is 0 Å². The Hall–Kier alpha value is -4.82. The van der Waals surface area contributed by atoms with Crippen LogP contribution in [0, 0.1) is 5.41 Å². The Morgan fingerprint density at radius 3 is 2.72 bits per heavy atom. The Morgan fingerprint density at radius 1 is 1.08 bits per heavy atom. The van der Waals surface area contributed by atoms with E-state index in [4.69, 9.17) is 21.3 Å². The molecule has 3 heterocycles. The first kappa shape index (κ1) is 24.5. The van der Waals surface area contributed by atoms with E-state index in [0.717, 1.165) is 33.2 Å². The zero-order valence-electron chi connectivity index (χ0n) is 21.3. The van der Waals surface area contributed by atoms with Crippen LogP contribution in [0.2, 0.25) is 5.02 Å². The minimum atomic E-state index is -0.179. The highest BCUT2D eigenvalue weighted by molar-refractivity contribution is 6.31. The Labute approximate surface area is 229 Å². The van der Waals surface area contributed by atoms with Crippen molar-refractivity contribution in [1.82, 2.24) is 19.1 Å². The molecule has 6 aromatic rings. The largest absolute Gasteiger partial charge is 0.497 e. The molecule has 1 amide bonds. The highest BCUT2D eigenvalue weighted by atomic mass is 35.5. The summed E-state index contributed by atoms with van der Waals surface area (Å²) in [6.07, 6.45) is 3.65. The summed E-state index contributed by atoms with van der Waals surface area (Å²) in [5.41, 5.74) is 6.93. The lowest BCUT2D eigenvalue weighted by Crippen LogP contribution is -2.24. The molecule has 3 aromatic heterocycles. The number of halogens is 1. The summed E-state index contributed by atoms with van der Waals surface area (Å²) in [4.78, 5) is 19.7. The number of benzene rings is 3. The third-order valence-electron chi connectivity index (χ3n) is 6.77. The molecule has 0 spiro atoms. The summed E-state index contributed by atoms with van der Waals surface area (Å²) < 4.78 is 9.35. The molecule has 3 N–H and O–H groups in total. The van der Waals surface area contributed by atoms with Gasteiger partial charge in [-0.25, -0.2) is 0 Å². The first-order valence-electron chi connectivity index (χ1n) is 12.4. The first-order chi connectivity index (χ1) is 18.9. The predicted molar refractivity (Wildman–Crippen MR) is 154 cm³/mol. The van der Waals surface area contributed by atoms with Crippen LogP contribution in [0.5, 0.6) is 5.75 Å². The molecule has 0 saturated carbocycles. The number of imidazole rings is 1. The van der Waals surface area contributed by atoms with E-state index in [0.29, 0.717) is 39.9 Å². The molecule has 0 aliphatic carbocycles. The van der Waals surface area contributed by atoms with Gasteiger partial charge in [0.1, 0.15) is 5.75 Å². The standard InChI is InChI=1S/C30H25ClN6O2/c1-18(38)35-27-9-6-20(31)14-24(27)26-10-7-21(16-34-26)37-29-15-22(39-2)8-11-28(29)36(30(37)32)17-19-4-3-5-25-23(19)12-13-33-25/h3-16,32-33H,17H2,1-2H3,(H,35,38). The Balaban J connectivity index is 1.48. The fraction of sp³-hybridized carbons (Fsp3) is 0.100. The molecular formula is C30H25ClN6O2. The van der Waals surface area contributed by atoms with E-state index in [-0.39, 0.29) is 5.91 Å². The van der Waals surface area contributed by atoms with Gasteiger partial charge in [-0.2, -0.15) is 0 Å². The molecule has 0 aliphatic heterocycles. The number of aromatic amines is 1. The van der Waals surface area contributed by atoms with E-state index in [1.165, 1.54) is 6.92 Å². The molecule has 8 nitrogen and oxygen atoms in total. The number of nitrogens with zero attached hydrogens (tertiary/aromatic N) is 3. The number of methoxy groups -OCH3 is 1. The second kappa shape index (κ2) is 9.81. The number of pyridine rings is 1. The lowest BCUT2D eigenvalue weighted by Gasteiger charge is -2.11. The van der Waals surface area contributed by atoms with Gasteiger partial charge in [-0.1, -0.05) is 23.7 Å². The van der Waals surface area contributed by atoms with E-state index in [1.807, 2.05) is 57.8 Å². The maximum Gasteiger partial charge on any atom is 0.221 e. The van der Waals surface area contributed by atoms with Crippen molar-refractivity contribution in [3.8, 4) is 22.7 Å². The zero-order chi connectivity index (χ0) is 27.1. The molecule has 0 fully saturated rings. The normalized spacial score (nSPS) is 11.3. The predicted octanol–water partition coefficient (Wildman–Crippen LogP) is 6.12. The summed E-state index contributed by atoms with van der Waals surface area (Å²) in [6, 6.07) is 23.1. The number of amides is 1. The highest BCUT2D eigenvalue weighted by Gasteiger charge is 2.16. The fourth-order valence-electron chi connectivity index (χ4n) is 4.97. The number of fused-ring (bicyclic) bond motifs is 2. The van der Waals surface area contributed by atoms with Crippen LogP contribution in [0.4, 0.5) is 5.69 Å². The van der Waals surface area contributed by atoms with E-state index in [9.17, 15) is 10.2 Å². The van der Waals surface area contributed by atoms with Crippen molar-refractivity contribution in [2.45, 2.75) is 13.5 Å². The van der Waals surface area contributed by atoms with Crippen molar-refractivity contribution < 1.29 is 9.53 Å². The SMILES string of the molecule is COc1ccc2c(c1)n(-c1ccc(-c3cc(Cl)ccc3NC(C)=O)nc1)c(=N)n2Cc1cccc2[nH]ccc12. The number of hydrogen-bond donors (Lipinski definition) is 3. The van der Waals surface area contributed by atoms with Crippen molar-refractivity contribution in [1.29, 1.82) is 5.41 Å². The Kier molecular flexibility index (Phi) is 6.17. The van der Waals surface area contributed by atoms with Gasteiger partial charge in [0.05, 0.1) is 48.0 Å². The third kappa shape index (κ3) is 4.45. The minimum Gasteiger partial charge on any atom is -0.497 e. The lowest BCUT2D eigenvalue weighted by atomic mass is 10.1. The van der Waals surface area contributed by atoms with Crippen LogP contribution in [-0.4, -0.2) is 32.1 Å². The molecule has 0 radical (unpaired) electrons. The topological polar surface area (TPSA) is 101 Å². The molecule has 6 rings (SSSR count). The first-order valence-corrected chi connectivity index (χ1v) is 12.7. The quantitative estimate of drug-likeness (QED) is 0.239. The molecule has 3 aromatic carbocycles. The lowest BCUT2D eigenvalue weighted by molar-refractivity contribution is -0.114. The summed E-state index contributed by atoms with van der Waals surface area (Å²) >= 11 is 6.26. The van der Waals surface area contributed by atoms with E-state index < -0.39 is 0 Å². The van der Waals surface area contributed by atoms with Gasteiger partial charge in [0.2, 0.25) is 11.5 Å². The summed E-state index contributed by atoms with van der Waals surface area (Å²) in [7, 11) is 1.63. The second-order valence-corrected chi connectivity index (χ2v) is 9.67. The van der Waals surface area contributed by atoms with E-state index >= 15 is 0 Å². The van der Waals surface area contributed by atoms with Gasteiger partial charge in [-0.05, 0) is 60.2 Å². The van der Waals surface area contributed by atoms with Gasteiger partial charge < -0.3 is 19.6 Å². The molecule has 0 atom stereocenters. The van der Waals surface area contributed by atoms with Gasteiger partial charge in [0, 0.05) is 40.7 Å². The average Bonchev–Trinajstić information content (AvgIpc) is 3.52. The Bertz CT molecular complexity index is 1920. The molecular weight excluding hydrogens is 512 g/mol. The number of anilines is 1. The van der Waals surface area contributed by atoms with Crippen LogP contribution in [0.15, 0.2) is 85.2 Å². The maximum absolute atomic E-state index is 11.7. The van der Waals surface area contributed by atoms with Crippen molar-refractivity contribution in [2.75, 3.05) is 12.4 Å². The monoisotopic (exact) mass is 536 g/mol. The van der Waals surface area contributed by atoms with Crippen LogP contribution in [0.1, 0.15) is 12.5 Å². The van der Waals surface area contributed by atoms with Crippen molar-refractivity contribution >= 4 is 45.1 Å². The van der Waals surface area contributed by atoms with Gasteiger partial charge in [0.15, 0.2) is 0 Å². The third-order valence-corrected chi connectivity index (χ3v) is 7.00. The molecule has 0 aliphatic rings. The minimum absolute atomic E-state index is 0.179. The number of carbonyl (C=O) groups excluding carboxylic acids is 1. The van der Waals surface area contributed by atoms with Crippen LogP contribution in [0.3, 0.4) is 0 Å². The maximum atomic E-state index is 11.7. The van der Waals surface area contributed by atoms with Crippen molar-refractivity contribution in [3.63, 3.8) is 0 Å². The van der Waals surface area contributed by atoms with Crippen LogP contribution in [-0.2, 0) is 11.3 Å². The second-order valence-electron chi connectivity index (χ2n) is 9.23. The van der Waals surface area contributed by atoms with E-state index in [2.05, 4.69) is 22.4 Å². The number of rotatable bonds is 6. The van der Waals surface area contributed by atoms with Crippen LogP contribution in [0.25, 0.3) is 38.9 Å². The van der Waals surface area contributed by atoms with Gasteiger partial charge in [0.25, 0.3) is 0 Å². The molecule has 194 valence electrons. The molecule has 0 unspecified atom stereocenters. The number of aromatic nitrogens is 4.